The average Bonchev–Trinajstić information content (AvgIpc) is 1.96. The zero-order chi connectivity index (χ0) is 9.90. The molecule has 1 saturated heterocycles. The lowest BCUT2D eigenvalue weighted by Gasteiger charge is -2.37. The Hall–Kier alpha value is -0.810. The number of carbonyl (C=O) groups is 1. The molecule has 0 spiro atoms. The number of hydrogen-bond donors (Lipinski definition) is 4. The average molecular weight is 187 g/mol. The van der Waals surface area contributed by atoms with Crippen molar-refractivity contribution in [2.24, 2.45) is 0 Å². The molecule has 76 valence electrons. The summed E-state index contributed by atoms with van der Waals surface area (Å²) in [5.41, 5.74) is -0.742. The molecule has 1 fully saturated rings. The number of urea groups is 1. The SMILES string of the molecule is CC(C)NC(=O)NCC1(O)CNC1. The van der Waals surface area contributed by atoms with Crippen LogP contribution in [0.4, 0.5) is 4.79 Å². The van der Waals surface area contributed by atoms with E-state index in [2.05, 4.69) is 16.0 Å². The maximum absolute atomic E-state index is 11.1. The fraction of sp³-hybridized carbons (Fsp3) is 0.875. The summed E-state index contributed by atoms with van der Waals surface area (Å²) < 4.78 is 0. The normalized spacial score (nSPS) is 19.4. The smallest absolute Gasteiger partial charge is 0.315 e. The van der Waals surface area contributed by atoms with Crippen LogP contribution in [0.5, 0.6) is 0 Å². The molecule has 4 N–H and O–H groups in total. The summed E-state index contributed by atoms with van der Waals surface area (Å²) in [5.74, 6) is 0. The molecule has 2 amide bonds. The van der Waals surface area contributed by atoms with Crippen molar-refractivity contribution in [3.05, 3.63) is 0 Å². The lowest BCUT2D eigenvalue weighted by Crippen LogP contribution is -2.65. The predicted molar refractivity (Wildman–Crippen MR) is 49.5 cm³/mol. The predicted octanol–water partition coefficient (Wildman–Crippen LogP) is -0.972. The highest BCUT2D eigenvalue weighted by molar-refractivity contribution is 5.74. The second kappa shape index (κ2) is 3.93. The molecule has 13 heavy (non-hydrogen) atoms. The van der Waals surface area contributed by atoms with Gasteiger partial charge in [0, 0.05) is 19.1 Å². The van der Waals surface area contributed by atoms with Gasteiger partial charge in [0.05, 0.1) is 6.54 Å². The van der Waals surface area contributed by atoms with Gasteiger partial charge in [0.2, 0.25) is 0 Å². The number of hydrogen-bond acceptors (Lipinski definition) is 3. The quantitative estimate of drug-likeness (QED) is 0.459. The summed E-state index contributed by atoms with van der Waals surface area (Å²) in [7, 11) is 0. The Morgan fingerprint density at radius 1 is 1.62 bits per heavy atom. The number of carbonyl (C=O) groups excluding carboxylic acids is 1. The molecule has 1 aliphatic rings. The highest BCUT2D eigenvalue weighted by Gasteiger charge is 2.34. The van der Waals surface area contributed by atoms with Gasteiger partial charge in [-0.2, -0.15) is 0 Å². The molecular weight excluding hydrogens is 170 g/mol. The summed E-state index contributed by atoms with van der Waals surface area (Å²) in [4.78, 5) is 11.1. The maximum Gasteiger partial charge on any atom is 0.315 e. The molecule has 0 aromatic rings. The van der Waals surface area contributed by atoms with Gasteiger partial charge in [0.15, 0.2) is 0 Å². The molecule has 0 aliphatic carbocycles. The molecule has 0 aromatic heterocycles. The lowest BCUT2D eigenvalue weighted by molar-refractivity contribution is -0.00612. The largest absolute Gasteiger partial charge is 0.385 e. The second-order valence-corrected chi connectivity index (χ2v) is 3.81. The second-order valence-electron chi connectivity index (χ2n) is 3.81. The van der Waals surface area contributed by atoms with Gasteiger partial charge >= 0.3 is 6.03 Å². The molecule has 0 bridgehead atoms. The van der Waals surface area contributed by atoms with Crippen LogP contribution in [0.15, 0.2) is 0 Å². The number of nitrogens with one attached hydrogen (secondary N) is 3. The number of rotatable bonds is 3. The topological polar surface area (TPSA) is 73.4 Å². The third-order valence-electron chi connectivity index (χ3n) is 1.91. The van der Waals surface area contributed by atoms with E-state index in [0.29, 0.717) is 19.6 Å². The van der Waals surface area contributed by atoms with Crippen LogP contribution in [-0.2, 0) is 0 Å². The van der Waals surface area contributed by atoms with Crippen molar-refractivity contribution in [2.75, 3.05) is 19.6 Å². The molecule has 0 radical (unpaired) electrons. The Morgan fingerprint density at radius 3 is 2.62 bits per heavy atom. The highest BCUT2D eigenvalue weighted by Crippen LogP contribution is 2.07. The van der Waals surface area contributed by atoms with Gasteiger partial charge in [0.1, 0.15) is 5.60 Å². The van der Waals surface area contributed by atoms with E-state index in [9.17, 15) is 9.90 Å². The van der Waals surface area contributed by atoms with Gasteiger partial charge in [-0.3, -0.25) is 0 Å². The molecule has 0 unspecified atom stereocenters. The van der Waals surface area contributed by atoms with Crippen LogP contribution < -0.4 is 16.0 Å². The van der Waals surface area contributed by atoms with Crippen LogP contribution in [0.3, 0.4) is 0 Å². The molecule has 1 heterocycles. The Morgan fingerprint density at radius 2 is 2.23 bits per heavy atom. The van der Waals surface area contributed by atoms with Crippen molar-refractivity contribution in [1.82, 2.24) is 16.0 Å². The first-order valence-electron chi connectivity index (χ1n) is 4.49. The Labute approximate surface area is 77.9 Å². The van der Waals surface area contributed by atoms with Gasteiger partial charge < -0.3 is 21.1 Å². The fourth-order valence-corrected chi connectivity index (χ4v) is 1.10. The van der Waals surface area contributed by atoms with E-state index in [1.54, 1.807) is 0 Å². The molecular formula is C8H17N3O2. The van der Waals surface area contributed by atoms with E-state index < -0.39 is 5.60 Å². The number of amides is 2. The summed E-state index contributed by atoms with van der Waals surface area (Å²) in [5, 5.41) is 17.8. The van der Waals surface area contributed by atoms with Crippen molar-refractivity contribution >= 4 is 6.03 Å². The third kappa shape index (κ3) is 3.20. The molecule has 0 saturated carbocycles. The standard InChI is InChI=1S/C8H17N3O2/c1-6(2)11-7(12)10-5-8(13)3-9-4-8/h6,9,13H,3-5H2,1-2H3,(H2,10,11,12). The van der Waals surface area contributed by atoms with Crippen molar-refractivity contribution in [3.8, 4) is 0 Å². The van der Waals surface area contributed by atoms with Crippen molar-refractivity contribution in [1.29, 1.82) is 0 Å². The molecule has 5 heteroatoms. The minimum absolute atomic E-state index is 0.120. The zero-order valence-electron chi connectivity index (χ0n) is 8.05. The van der Waals surface area contributed by atoms with Gasteiger partial charge in [-0.1, -0.05) is 0 Å². The first-order chi connectivity index (χ1) is 6.02. The third-order valence-corrected chi connectivity index (χ3v) is 1.91. The first-order valence-corrected chi connectivity index (χ1v) is 4.49. The molecule has 0 atom stereocenters. The monoisotopic (exact) mass is 187 g/mol. The van der Waals surface area contributed by atoms with Crippen LogP contribution in [0, 0.1) is 0 Å². The van der Waals surface area contributed by atoms with Gasteiger partial charge in [-0.15, -0.1) is 0 Å². The Bertz CT molecular complexity index is 190. The van der Waals surface area contributed by atoms with Crippen LogP contribution >= 0.6 is 0 Å². The zero-order valence-corrected chi connectivity index (χ0v) is 8.05. The maximum atomic E-state index is 11.1. The van der Waals surface area contributed by atoms with E-state index in [1.807, 2.05) is 13.8 Å². The molecule has 5 nitrogen and oxygen atoms in total. The van der Waals surface area contributed by atoms with Crippen molar-refractivity contribution in [3.63, 3.8) is 0 Å². The first kappa shape index (κ1) is 10.3. The fourth-order valence-electron chi connectivity index (χ4n) is 1.10. The summed E-state index contributed by atoms with van der Waals surface area (Å²) in [6.45, 7) is 5.18. The molecule has 1 rings (SSSR count). The molecule has 1 aliphatic heterocycles. The van der Waals surface area contributed by atoms with E-state index in [4.69, 9.17) is 0 Å². The van der Waals surface area contributed by atoms with Gasteiger partial charge in [0.25, 0.3) is 0 Å². The summed E-state index contributed by atoms with van der Waals surface area (Å²) >= 11 is 0. The Balaban J connectivity index is 2.14. The van der Waals surface area contributed by atoms with E-state index in [-0.39, 0.29) is 12.1 Å². The summed E-state index contributed by atoms with van der Waals surface area (Å²) in [6.07, 6.45) is 0. The van der Waals surface area contributed by atoms with Gasteiger partial charge in [-0.25, -0.2) is 4.79 Å². The van der Waals surface area contributed by atoms with Crippen molar-refractivity contribution in [2.45, 2.75) is 25.5 Å². The van der Waals surface area contributed by atoms with Gasteiger partial charge in [-0.05, 0) is 13.8 Å². The Kier molecular flexibility index (Phi) is 3.11. The number of β-amino-alcohol motifs (C(OH)–C–C–N with tert-alkyl or cyclic N) is 1. The number of aliphatic hydroxyl groups is 1. The van der Waals surface area contributed by atoms with E-state index >= 15 is 0 Å². The van der Waals surface area contributed by atoms with Crippen LogP contribution in [0.1, 0.15) is 13.8 Å². The van der Waals surface area contributed by atoms with Crippen LogP contribution in [0.2, 0.25) is 0 Å². The minimum atomic E-state index is -0.742. The highest BCUT2D eigenvalue weighted by atomic mass is 16.3. The molecule has 0 aromatic carbocycles. The van der Waals surface area contributed by atoms with Crippen LogP contribution in [0.25, 0.3) is 0 Å². The van der Waals surface area contributed by atoms with E-state index in [1.165, 1.54) is 0 Å². The van der Waals surface area contributed by atoms with E-state index in [0.717, 1.165) is 0 Å². The summed E-state index contributed by atoms with van der Waals surface area (Å²) in [6, 6.07) is -0.107. The lowest BCUT2D eigenvalue weighted by atomic mass is 9.98. The van der Waals surface area contributed by atoms with Crippen LogP contribution in [-0.4, -0.2) is 42.4 Å². The minimum Gasteiger partial charge on any atom is -0.385 e. The van der Waals surface area contributed by atoms with Crippen molar-refractivity contribution < 1.29 is 9.90 Å².